The first-order valence-corrected chi connectivity index (χ1v) is 9.60. The lowest BCUT2D eigenvalue weighted by Gasteiger charge is -2.09. The fourth-order valence-electron chi connectivity index (χ4n) is 2.52. The first kappa shape index (κ1) is 15.6. The molecule has 0 saturated carbocycles. The standard InChI is InChI=1S/C15H15ClN2O2S2/c1-10(18-22(19,20)15-7-6-14(16)21-15)8-11-9-17-13-5-3-2-4-12(11)13/h2-7,9-10,17-18H,8H2,1H3/p+1. The van der Waals surface area contributed by atoms with Gasteiger partial charge in [-0.3, -0.25) is 0 Å². The number of fused-ring (bicyclic) bond motifs is 1. The molecular formula is C15H16ClN2O2S2+. The molecule has 0 amide bonds. The maximum atomic E-state index is 12.3. The van der Waals surface area contributed by atoms with Gasteiger partial charge in [0.2, 0.25) is 0 Å². The quantitative estimate of drug-likeness (QED) is 0.739. The number of benzene rings is 1. The third kappa shape index (κ3) is 3.20. The molecular weight excluding hydrogens is 340 g/mol. The number of nitrogens with one attached hydrogen (secondary N) is 1. The third-order valence-electron chi connectivity index (χ3n) is 3.46. The number of thiophene rings is 1. The number of para-hydroxylation sites is 1. The van der Waals surface area contributed by atoms with Gasteiger partial charge in [0.1, 0.15) is 6.04 Å². The number of hydrogen-bond donors (Lipinski definition) is 2. The van der Waals surface area contributed by atoms with Gasteiger partial charge >= 0.3 is 10.0 Å². The molecule has 116 valence electrons. The highest BCUT2D eigenvalue weighted by atomic mass is 35.5. The van der Waals surface area contributed by atoms with Crippen LogP contribution in [0.1, 0.15) is 12.5 Å². The van der Waals surface area contributed by atoms with E-state index in [1.165, 1.54) is 4.72 Å². The predicted octanol–water partition coefficient (Wildman–Crippen LogP) is 2.77. The van der Waals surface area contributed by atoms with Crippen molar-refractivity contribution < 1.29 is 13.1 Å². The summed E-state index contributed by atoms with van der Waals surface area (Å²) >= 11 is 6.91. The van der Waals surface area contributed by atoms with Gasteiger partial charge in [0, 0.05) is 23.5 Å². The summed E-state index contributed by atoms with van der Waals surface area (Å²) in [7, 11) is -3.40. The molecule has 0 spiro atoms. The molecule has 2 heterocycles. The van der Waals surface area contributed by atoms with Crippen molar-refractivity contribution in [1.82, 2.24) is 4.98 Å². The minimum atomic E-state index is -3.40. The van der Waals surface area contributed by atoms with Crippen LogP contribution in [0.25, 0.3) is 10.9 Å². The van der Waals surface area contributed by atoms with Gasteiger partial charge in [-0.25, -0.2) is 4.72 Å². The van der Waals surface area contributed by atoms with Gasteiger partial charge < -0.3 is 4.98 Å². The van der Waals surface area contributed by atoms with Gasteiger partial charge in [-0.2, -0.15) is 8.42 Å². The molecule has 3 aromatic rings. The molecule has 0 aliphatic heterocycles. The van der Waals surface area contributed by atoms with Crippen molar-refractivity contribution in [3.05, 3.63) is 52.5 Å². The van der Waals surface area contributed by atoms with Crippen LogP contribution in [0.15, 0.2) is 46.8 Å². The van der Waals surface area contributed by atoms with E-state index in [9.17, 15) is 8.42 Å². The SMILES string of the molecule is CC(Cc1c[nH]c2ccccc12)[NH2+]S(=O)(=O)c1ccc(Cl)s1. The van der Waals surface area contributed by atoms with Crippen LogP contribution in [0.4, 0.5) is 0 Å². The zero-order valence-electron chi connectivity index (χ0n) is 11.9. The average molecular weight is 356 g/mol. The van der Waals surface area contributed by atoms with Crippen molar-refractivity contribution in [3.8, 4) is 0 Å². The molecule has 0 bridgehead atoms. The third-order valence-corrected chi connectivity index (χ3v) is 6.95. The summed E-state index contributed by atoms with van der Waals surface area (Å²) in [6, 6.07) is 11.1. The van der Waals surface area contributed by atoms with Crippen LogP contribution in [-0.2, 0) is 16.4 Å². The first-order valence-electron chi connectivity index (χ1n) is 6.86. The van der Waals surface area contributed by atoms with Gasteiger partial charge in [-0.05, 0) is 30.7 Å². The van der Waals surface area contributed by atoms with E-state index in [0.29, 0.717) is 15.0 Å². The van der Waals surface area contributed by atoms with E-state index in [4.69, 9.17) is 11.6 Å². The molecule has 1 unspecified atom stereocenters. The minimum absolute atomic E-state index is 0.0925. The van der Waals surface area contributed by atoms with Crippen LogP contribution in [0.5, 0.6) is 0 Å². The molecule has 3 N–H and O–H groups in total. The Morgan fingerprint density at radius 2 is 2.05 bits per heavy atom. The Labute approximate surface area is 138 Å². The number of hydrogen-bond acceptors (Lipinski definition) is 3. The van der Waals surface area contributed by atoms with Crippen LogP contribution in [0, 0.1) is 0 Å². The van der Waals surface area contributed by atoms with E-state index in [2.05, 4.69) is 4.98 Å². The van der Waals surface area contributed by atoms with Crippen molar-refractivity contribution in [3.63, 3.8) is 0 Å². The van der Waals surface area contributed by atoms with Crippen LogP contribution in [-0.4, -0.2) is 19.4 Å². The summed E-state index contributed by atoms with van der Waals surface area (Å²) in [4.78, 5) is 3.21. The molecule has 7 heteroatoms. The number of rotatable bonds is 5. The molecule has 3 rings (SSSR count). The molecule has 22 heavy (non-hydrogen) atoms. The number of halogens is 1. The molecule has 2 aromatic heterocycles. The fraction of sp³-hybridized carbons (Fsp3) is 0.200. The van der Waals surface area contributed by atoms with E-state index in [1.807, 2.05) is 37.4 Å². The predicted molar refractivity (Wildman–Crippen MR) is 89.9 cm³/mol. The Bertz CT molecular complexity index is 899. The Balaban J connectivity index is 1.76. The Morgan fingerprint density at radius 3 is 2.77 bits per heavy atom. The number of aromatic nitrogens is 1. The maximum absolute atomic E-state index is 12.3. The highest BCUT2D eigenvalue weighted by Crippen LogP contribution is 2.24. The van der Waals surface area contributed by atoms with Crippen LogP contribution >= 0.6 is 22.9 Å². The fourth-order valence-corrected chi connectivity index (χ4v) is 5.43. The lowest BCUT2D eigenvalue weighted by Crippen LogP contribution is -2.92. The Hall–Kier alpha value is -1.34. The second-order valence-electron chi connectivity index (χ2n) is 5.28. The van der Waals surface area contributed by atoms with E-state index in [0.717, 1.165) is 27.8 Å². The summed E-state index contributed by atoms with van der Waals surface area (Å²) in [6.07, 6.45) is 2.62. The second-order valence-corrected chi connectivity index (χ2v) is 9.06. The molecule has 0 saturated heterocycles. The molecule has 1 atom stereocenters. The zero-order valence-corrected chi connectivity index (χ0v) is 14.3. The van der Waals surface area contributed by atoms with E-state index in [-0.39, 0.29) is 6.04 Å². The number of quaternary nitrogens is 1. The van der Waals surface area contributed by atoms with Gasteiger partial charge in [0.05, 0.1) is 4.34 Å². The van der Waals surface area contributed by atoms with Gasteiger partial charge in [-0.1, -0.05) is 29.8 Å². The van der Waals surface area contributed by atoms with Crippen molar-refractivity contribution in [2.45, 2.75) is 23.6 Å². The van der Waals surface area contributed by atoms with Crippen LogP contribution in [0.2, 0.25) is 4.34 Å². The number of nitrogens with two attached hydrogens (primary N) is 1. The normalized spacial score (nSPS) is 13.5. The molecule has 0 aliphatic carbocycles. The van der Waals surface area contributed by atoms with Crippen molar-refractivity contribution in [2.75, 3.05) is 0 Å². The van der Waals surface area contributed by atoms with Crippen molar-refractivity contribution in [2.24, 2.45) is 0 Å². The van der Waals surface area contributed by atoms with Crippen molar-refractivity contribution in [1.29, 1.82) is 0 Å². The highest BCUT2D eigenvalue weighted by molar-refractivity contribution is 7.87. The first-order chi connectivity index (χ1) is 10.5. The Morgan fingerprint density at radius 1 is 1.27 bits per heavy atom. The smallest absolute Gasteiger partial charge is 0.333 e. The average Bonchev–Trinajstić information content (AvgIpc) is 3.06. The topological polar surface area (TPSA) is 66.5 Å². The summed E-state index contributed by atoms with van der Waals surface area (Å²) < 4.78 is 26.9. The number of H-pyrrole nitrogens is 1. The van der Waals surface area contributed by atoms with E-state index in [1.54, 1.807) is 12.1 Å². The molecule has 0 radical (unpaired) electrons. The van der Waals surface area contributed by atoms with E-state index >= 15 is 0 Å². The van der Waals surface area contributed by atoms with Gasteiger partial charge in [0.25, 0.3) is 0 Å². The summed E-state index contributed by atoms with van der Waals surface area (Å²) in [5.74, 6) is 0. The largest absolute Gasteiger partial charge is 0.361 e. The molecule has 1 aromatic carbocycles. The van der Waals surface area contributed by atoms with Crippen LogP contribution in [0.3, 0.4) is 0 Å². The minimum Gasteiger partial charge on any atom is -0.361 e. The van der Waals surface area contributed by atoms with Gasteiger partial charge in [-0.15, -0.1) is 11.3 Å². The van der Waals surface area contributed by atoms with E-state index < -0.39 is 10.0 Å². The molecule has 4 nitrogen and oxygen atoms in total. The summed E-state index contributed by atoms with van der Waals surface area (Å²) in [5, 5.41) is 1.14. The molecule has 0 fully saturated rings. The second kappa shape index (κ2) is 6.04. The lowest BCUT2D eigenvalue weighted by atomic mass is 10.1. The maximum Gasteiger partial charge on any atom is 0.333 e. The Kier molecular flexibility index (Phi) is 4.27. The summed E-state index contributed by atoms with van der Waals surface area (Å²) in [6.45, 7) is 1.91. The number of sulfonamides is 1. The lowest BCUT2D eigenvalue weighted by molar-refractivity contribution is -0.535. The zero-order chi connectivity index (χ0) is 15.7. The monoisotopic (exact) mass is 355 g/mol. The number of primary sulfonamides is 1. The summed E-state index contributed by atoms with van der Waals surface area (Å²) in [5.41, 5.74) is 2.19. The van der Waals surface area contributed by atoms with Gasteiger partial charge in [0.15, 0.2) is 4.21 Å². The van der Waals surface area contributed by atoms with Crippen molar-refractivity contribution >= 4 is 43.9 Å². The molecule has 0 aliphatic rings. The van der Waals surface area contributed by atoms with Crippen LogP contribution < -0.4 is 4.72 Å². The highest BCUT2D eigenvalue weighted by Gasteiger charge is 2.24. The number of aromatic amines is 1.